The van der Waals surface area contributed by atoms with Crippen molar-refractivity contribution in [2.24, 2.45) is 0 Å². The van der Waals surface area contributed by atoms with E-state index in [1.807, 2.05) is 11.3 Å². The lowest BCUT2D eigenvalue weighted by Crippen LogP contribution is -2.20. The topological polar surface area (TPSA) is 12.0 Å². The van der Waals surface area contributed by atoms with Gasteiger partial charge in [-0.15, -0.1) is 22.7 Å². The third-order valence-electron chi connectivity index (χ3n) is 2.49. The van der Waals surface area contributed by atoms with Gasteiger partial charge in [-0.3, -0.25) is 0 Å². The van der Waals surface area contributed by atoms with Gasteiger partial charge in [-0.2, -0.15) is 0 Å². The second-order valence-corrected chi connectivity index (χ2v) is 8.11. The summed E-state index contributed by atoms with van der Waals surface area (Å²) in [6.07, 6.45) is 1.09. The molecule has 0 aliphatic heterocycles. The van der Waals surface area contributed by atoms with E-state index in [4.69, 9.17) is 0 Å². The van der Waals surface area contributed by atoms with Crippen molar-refractivity contribution in [2.75, 3.05) is 6.54 Å². The SMILES string of the molecule is CC(NCCc1ccc(Br)s1)c1sccc1Br. The van der Waals surface area contributed by atoms with Crippen molar-refractivity contribution in [1.82, 2.24) is 5.32 Å². The van der Waals surface area contributed by atoms with Crippen LogP contribution in [0.25, 0.3) is 0 Å². The van der Waals surface area contributed by atoms with Gasteiger partial charge in [0, 0.05) is 26.8 Å². The van der Waals surface area contributed by atoms with E-state index < -0.39 is 0 Å². The van der Waals surface area contributed by atoms with Gasteiger partial charge in [0.15, 0.2) is 0 Å². The molecule has 92 valence electrons. The molecule has 1 nitrogen and oxygen atoms in total. The highest BCUT2D eigenvalue weighted by molar-refractivity contribution is 9.11. The summed E-state index contributed by atoms with van der Waals surface area (Å²) in [5.41, 5.74) is 0. The number of hydrogen-bond donors (Lipinski definition) is 1. The van der Waals surface area contributed by atoms with Crippen LogP contribution in [0.4, 0.5) is 0 Å². The maximum atomic E-state index is 3.57. The molecular weight excluding hydrogens is 382 g/mol. The first-order chi connectivity index (χ1) is 8.16. The van der Waals surface area contributed by atoms with Gasteiger partial charge in [-0.25, -0.2) is 0 Å². The van der Waals surface area contributed by atoms with Gasteiger partial charge < -0.3 is 5.32 Å². The fourth-order valence-electron chi connectivity index (χ4n) is 1.61. The predicted octanol–water partition coefficient (Wildman–Crippen LogP) is 5.23. The highest BCUT2D eigenvalue weighted by atomic mass is 79.9. The van der Waals surface area contributed by atoms with Crippen molar-refractivity contribution in [1.29, 1.82) is 0 Å². The van der Waals surface area contributed by atoms with E-state index in [1.54, 1.807) is 11.3 Å². The van der Waals surface area contributed by atoms with Crippen LogP contribution in [0.1, 0.15) is 22.7 Å². The van der Waals surface area contributed by atoms with Crippen LogP contribution in [0.5, 0.6) is 0 Å². The molecule has 0 bridgehead atoms. The summed E-state index contributed by atoms with van der Waals surface area (Å²) in [4.78, 5) is 2.79. The second kappa shape index (κ2) is 6.48. The maximum Gasteiger partial charge on any atom is 0.0701 e. The van der Waals surface area contributed by atoms with Gasteiger partial charge in [-0.1, -0.05) is 0 Å². The molecule has 1 atom stereocenters. The summed E-state index contributed by atoms with van der Waals surface area (Å²) in [5, 5.41) is 5.67. The summed E-state index contributed by atoms with van der Waals surface area (Å²) in [5.74, 6) is 0. The molecule has 2 aromatic heterocycles. The van der Waals surface area contributed by atoms with Crippen LogP contribution in [0.3, 0.4) is 0 Å². The van der Waals surface area contributed by atoms with Crippen molar-refractivity contribution in [3.05, 3.63) is 41.6 Å². The van der Waals surface area contributed by atoms with Crippen LogP contribution < -0.4 is 5.32 Å². The number of halogens is 2. The Bertz CT molecular complexity index is 478. The number of nitrogens with one attached hydrogen (secondary N) is 1. The summed E-state index contributed by atoms with van der Waals surface area (Å²) >= 11 is 10.7. The lowest BCUT2D eigenvalue weighted by molar-refractivity contribution is 0.585. The molecule has 5 heteroatoms. The van der Waals surface area contributed by atoms with Crippen LogP contribution in [0, 0.1) is 0 Å². The van der Waals surface area contributed by atoms with Crippen molar-refractivity contribution >= 4 is 54.5 Å². The molecule has 1 N–H and O–H groups in total. The molecule has 2 aromatic rings. The smallest absolute Gasteiger partial charge is 0.0701 e. The standard InChI is InChI=1S/C12H13Br2NS2/c1-8(12-10(13)5-7-16-12)15-6-4-9-2-3-11(14)17-9/h2-3,5,7-8,15H,4,6H2,1H3. The largest absolute Gasteiger partial charge is 0.309 e. The van der Waals surface area contributed by atoms with Crippen LogP contribution in [0.2, 0.25) is 0 Å². The summed E-state index contributed by atoms with van der Waals surface area (Å²) in [6.45, 7) is 3.22. The quantitative estimate of drug-likeness (QED) is 0.732. The zero-order valence-corrected chi connectivity index (χ0v) is 14.2. The Labute approximate surface area is 127 Å². The molecule has 0 saturated carbocycles. The Kier molecular flexibility index (Phi) is 5.24. The average molecular weight is 395 g/mol. The molecule has 17 heavy (non-hydrogen) atoms. The Morgan fingerprint density at radius 1 is 1.29 bits per heavy atom. The molecule has 2 heterocycles. The van der Waals surface area contributed by atoms with Crippen LogP contribution >= 0.6 is 54.5 Å². The molecule has 0 spiro atoms. The third-order valence-corrected chi connectivity index (χ3v) is 6.23. The molecule has 0 radical (unpaired) electrons. The fourth-order valence-corrected chi connectivity index (χ4v) is 4.84. The van der Waals surface area contributed by atoms with Crippen molar-refractivity contribution in [3.63, 3.8) is 0 Å². The van der Waals surface area contributed by atoms with Gasteiger partial charge in [0.2, 0.25) is 0 Å². The lowest BCUT2D eigenvalue weighted by Gasteiger charge is -2.12. The summed E-state index contributed by atoms with van der Waals surface area (Å²) in [7, 11) is 0. The average Bonchev–Trinajstić information content (AvgIpc) is 2.87. The Hall–Kier alpha value is 0.320. The third kappa shape index (κ3) is 3.89. The second-order valence-electron chi connectivity index (χ2n) is 3.76. The molecule has 0 aliphatic rings. The molecule has 0 saturated heterocycles. The van der Waals surface area contributed by atoms with Gasteiger partial charge in [-0.05, 0) is 68.8 Å². The Morgan fingerprint density at radius 3 is 2.71 bits per heavy atom. The minimum absolute atomic E-state index is 0.410. The van der Waals surface area contributed by atoms with Gasteiger partial charge >= 0.3 is 0 Å². The highest BCUT2D eigenvalue weighted by Gasteiger charge is 2.09. The fraction of sp³-hybridized carbons (Fsp3) is 0.333. The molecule has 0 amide bonds. The van der Waals surface area contributed by atoms with E-state index in [2.05, 4.69) is 67.7 Å². The first-order valence-corrected chi connectivity index (χ1v) is 8.65. The van der Waals surface area contributed by atoms with E-state index in [0.29, 0.717) is 6.04 Å². The predicted molar refractivity (Wildman–Crippen MR) is 84.2 cm³/mol. The highest BCUT2D eigenvalue weighted by Crippen LogP contribution is 2.28. The number of thiophene rings is 2. The van der Waals surface area contributed by atoms with Crippen LogP contribution in [-0.2, 0) is 6.42 Å². The van der Waals surface area contributed by atoms with E-state index >= 15 is 0 Å². The van der Waals surface area contributed by atoms with Crippen molar-refractivity contribution in [3.8, 4) is 0 Å². The van der Waals surface area contributed by atoms with E-state index in [1.165, 1.54) is 18.0 Å². The first-order valence-electron chi connectivity index (χ1n) is 5.37. The van der Waals surface area contributed by atoms with E-state index in [9.17, 15) is 0 Å². The van der Waals surface area contributed by atoms with E-state index in [-0.39, 0.29) is 0 Å². The minimum atomic E-state index is 0.410. The number of rotatable bonds is 5. The molecule has 0 aliphatic carbocycles. The minimum Gasteiger partial charge on any atom is -0.309 e. The van der Waals surface area contributed by atoms with Gasteiger partial charge in [0.25, 0.3) is 0 Å². The molecule has 0 fully saturated rings. The van der Waals surface area contributed by atoms with Crippen molar-refractivity contribution in [2.45, 2.75) is 19.4 Å². The van der Waals surface area contributed by atoms with Crippen molar-refractivity contribution < 1.29 is 0 Å². The van der Waals surface area contributed by atoms with Gasteiger partial charge in [0.05, 0.1) is 3.79 Å². The van der Waals surface area contributed by atoms with E-state index in [0.717, 1.165) is 13.0 Å². The molecular formula is C12H13Br2NS2. The summed E-state index contributed by atoms with van der Waals surface area (Å²) < 4.78 is 2.42. The normalized spacial score (nSPS) is 12.9. The molecule has 0 aromatic carbocycles. The van der Waals surface area contributed by atoms with Crippen LogP contribution in [0.15, 0.2) is 31.8 Å². The zero-order chi connectivity index (χ0) is 12.3. The summed E-state index contributed by atoms with van der Waals surface area (Å²) in [6, 6.07) is 6.81. The zero-order valence-electron chi connectivity index (χ0n) is 9.37. The van der Waals surface area contributed by atoms with Gasteiger partial charge in [0.1, 0.15) is 0 Å². The number of hydrogen-bond acceptors (Lipinski definition) is 3. The Balaban J connectivity index is 1.81. The van der Waals surface area contributed by atoms with Crippen LogP contribution in [-0.4, -0.2) is 6.54 Å². The molecule has 1 unspecified atom stereocenters. The Morgan fingerprint density at radius 2 is 2.12 bits per heavy atom. The maximum absolute atomic E-state index is 3.57. The monoisotopic (exact) mass is 393 g/mol. The lowest BCUT2D eigenvalue weighted by atomic mass is 10.2. The molecule has 2 rings (SSSR count). The first kappa shape index (κ1) is 13.7.